The van der Waals surface area contributed by atoms with Crippen LogP contribution in [0.1, 0.15) is 24.3 Å². The van der Waals surface area contributed by atoms with Gasteiger partial charge in [0.25, 0.3) is 0 Å². The Labute approximate surface area is 133 Å². The van der Waals surface area contributed by atoms with Gasteiger partial charge >= 0.3 is 0 Å². The van der Waals surface area contributed by atoms with E-state index in [2.05, 4.69) is 69.5 Å². The van der Waals surface area contributed by atoms with E-state index in [1.54, 1.807) is 11.3 Å². The van der Waals surface area contributed by atoms with E-state index in [4.69, 9.17) is 0 Å². The molecule has 5 heteroatoms. The molecule has 0 unspecified atom stereocenters. The average molecular weight is 354 g/mol. The number of nitrogens with one attached hydrogen (secondary N) is 1. The SMILES string of the molecule is CC(C)NCc1ccncc1N(C)Cc1cc(Br)cs1. The predicted octanol–water partition coefficient (Wildman–Crippen LogP) is 4.04. The molecule has 0 radical (unpaired) electrons. The van der Waals surface area contributed by atoms with Gasteiger partial charge in [-0.2, -0.15) is 0 Å². The Morgan fingerprint density at radius 1 is 1.45 bits per heavy atom. The Bertz CT molecular complexity index is 554. The zero-order chi connectivity index (χ0) is 14.5. The third-order valence-electron chi connectivity index (χ3n) is 3.01. The first-order chi connectivity index (χ1) is 9.56. The van der Waals surface area contributed by atoms with Gasteiger partial charge in [0.1, 0.15) is 0 Å². The fourth-order valence-electron chi connectivity index (χ4n) is 1.98. The fourth-order valence-corrected chi connectivity index (χ4v) is 3.48. The molecule has 108 valence electrons. The van der Waals surface area contributed by atoms with Crippen LogP contribution in [0.4, 0.5) is 5.69 Å². The molecule has 0 bridgehead atoms. The van der Waals surface area contributed by atoms with Gasteiger partial charge in [-0.3, -0.25) is 4.98 Å². The predicted molar refractivity (Wildman–Crippen MR) is 90.3 cm³/mol. The lowest BCUT2D eigenvalue weighted by Crippen LogP contribution is -2.24. The van der Waals surface area contributed by atoms with Crippen LogP contribution in [-0.2, 0) is 13.1 Å². The number of pyridine rings is 1. The zero-order valence-corrected chi connectivity index (χ0v) is 14.5. The van der Waals surface area contributed by atoms with Crippen LogP contribution < -0.4 is 10.2 Å². The van der Waals surface area contributed by atoms with E-state index in [0.717, 1.165) is 17.6 Å². The Balaban J connectivity index is 2.10. The van der Waals surface area contributed by atoms with E-state index >= 15 is 0 Å². The largest absolute Gasteiger partial charge is 0.368 e. The second-order valence-corrected chi connectivity index (χ2v) is 7.04. The molecule has 0 aliphatic carbocycles. The minimum absolute atomic E-state index is 0.481. The van der Waals surface area contributed by atoms with Crippen molar-refractivity contribution in [3.05, 3.63) is 44.8 Å². The second-order valence-electron chi connectivity index (χ2n) is 5.13. The van der Waals surface area contributed by atoms with Crippen LogP contribution in [0.5, 0.6) is 0 Å². The van der Waals surface area contributed by atoms with Gasteiger partial charge < -0.3 is 10.2 Å². The molecule has 0 atom stereocenters. The maximum absolute atomic E-state index is 4.27. The maximum Gasteiger partial charge on any atom is 0.0599 e. The summed E-state index contributed by atoms with van der Waals surface area (Å²) in [6, 6.07) is 4.74. The molecular weight excluding hydrogens is 334 g/mol. The van der Waals surface area contributed by atoms with Crippen LogP contribution in [0.15, 0.2) is 34.4 Å². The van der Waals surface area contributed by atoms with Gasteiger partial charge in [0.05, 0.1) is 18.4 Å². The highest BCUT2D eigenvalue weighted by atomic mass is 79.9. The standard InChI is InChI=1S/C15H20BrN3S/c1-11(2)18-7-12-4-5-17-8-15(12)19(3)9-14-6-13(16)10-20-14/h4-6,8,10-11,18H,7,9H2,1-3H3. The zero-order valence-electron chi connectivity index (χ0n) is 12.1. The summed E-state index contributed by atoms with van der Waals surface area (Å²) in [6.45, 7) is 6.09. The molecule has 1 N–H and O–H groups in total. The van der Waals surface area contributed by atoms with E-state index < -0.39 is 0 Å². The fraction of sp³-hybridized carbons (Fsp3) is 0.400. The molecule has 0 fully saturated rings. The molecule has 0 aliphatic heterocycles. The number of halogens is 1. The van der Waals surface area contributed by atoms with Crippen LogP contribution in [0.25, 0.3) is 0 Å². The Morgan fingerprint density at radius 2 is 2.25 bits per heavy atom. The Hall–Kier alpha value is -0.910. The molecule has 2 rings (SSSR count). The molecule has 2 aromatic heterocycles. The number of hydrogen-bond donors (Lipinski definition) is 1. The summed E-state index contributed by atoms with van der Waals surface area (Å²) in [7, 11) is 2.11. The summed E-state index contributed by atoms with van der Waals surface area (Å²) in [5, 5.41) is 5.58. The van der Waals surface area contributed by atoms with E-state index in [9.17, 15) is 0 Å². The number of aromatic nitrogens is 1. The van der Waals surface area contributed by atoms with Crippen LogP contribution in [-0.4, -0.2) is 18.1 Å². The first-order valence-electron chi connectivity index (χ1n) is 6.66. The monoisotopic (exact) mass is 353 g/mol. The number of anilines is 1. The van der Waals surface area contributed by atoms with Gasteiger partial charge in [-0.25, -0.2) is 0 Å². The summed E-state index contributed by atoms with van der Waals surface area (Å²) in [5.41, 5.74) is 2.47. The molecule has 0 spiro atoms. The third kappa shape index (κ3) is 4.30. The van der Waals surface area contributed by atoms with Gasteiger partial charge in [-0.15, -0.1) is 11.3 Å². The number of rotatable bonds is 6. The Kier molecular flexibility index (Phi) is 5.57. The van der Waals surface area contributed by atoms with Gasteiger partial charge in [0.15, 0.2) is 0 Å². The average Bonchev–Trinajstić information content (AvgIpc) is 2.82. The van der Waals surface area contributed by atoms with Crippen LogP contribution >= 0.6 is 27.3 Å². The lowest BCUT2D eigenvalue weighted by molar-refractivity contribution is 0.588. The minimum atomic E-state index is 0.481. The highest BCUT2D eigenvalue weighted by molar-refractivity contribution is 9.10. The summed E-state index contributed by atoms with van der Waals surface area (Å²) >= 11 is 5.28. The molecule has 0 aromatic carbocycles. The molecule has 20 heavy (non-hydrogen) atoms. The number of nitrogens with zero attached hydrogens (tertiary/aromatic N) is 2. The number of hydrogen-bond acceptors (Lipinski definition) is 4. The van der Waals surface area contributed by atoms with E-state index in [0.29, 0.717) is 6.04 Å². The number of thiophene rings is 1. The van der Waals surface area contributed by atoms with E-state index in [1.807, 2.05) is 12.4 Å². The lowest BCUT2D eigenvalue weighted by Gasteiger charge is -2.22. The van der Waals surface area contributed by atoms with Crippen molar-refractivity contribution in [1.29, 1.82) is 0 Å². The second kappa shape index (κ2) is 7.20. The summed E-state index contributed by atoms with van der Waals surface area (Å²) in [5.74, 6) is 0. The van der Waals surface area contributed by atoms with Crippen molar-refractivity contribution in [1.82, 2.24) is 10.3 Å². The topological polar surface area (TPSA) is 28.2 Å². The first-order valence-corrected chi connectivity index (χ1v) is 8.34. The molecule has 0 amide bonds. The van der Waals surface area contributed by atoms with Crippen molar-refractivity contribution in [2.45, 2.75) is 33.0 Å². The first kappa shape index (κ1) is 15.5. The molecular formula is C15H20BrN3S. The van der Waals surface area contributed by atoms with E-state index in [-0.39, 0.29) is 0 Å². The van der Waals surface area contributed by atoms with Crippen molar-refractivity contribution >= 4 is 33.0 Å². The Morgan fingerprint density at radius 3 is 2.90 bits per heavy atom. The maximum atomic E-state index is 4.27. The van der Waals surface area contributed by atoms with Crippen molar-refractivity contribution < 1.29 is 0 Å². The van der Waals surface area contributed by atoms with Gasteiger partial charge in [-0.05, 0) is 33.6 Å². The summed E-state index contributed by atoms with van der Waals surface area (Å²) in [4.78, 5) is 7.86. The van der Waals surface area contributed by atoms with Crippen LogP contribution in [0, 0.1) is 0 Å². The van der Waals surface area contributed by atoms with Crippen molar-refractivity contribution in [3.8, 4) is 0 Å². The van der Waals surface area contributed by atoms with Gasteiger partial charge in [0.2, 0.25) is 0 Å². The highest BCUT2D eigenvalue weighted by Gasteiger charge is 2.09. The van der Waals surface area contributed by atoms with Gasteiger partial charge in [0, 0.05) is 40.6 Å². The minimum Gasteiger partial charge on any atom is -0.368 e. The molecule has 2 aromatic rings. The molecule has 2 heterocycles. The summed E-state index contributed by atoms with van der Waals surface area (Å²) < 4.78 is 1.15. The highest BCUT2D eigenvalue weighted by Crippen LogP contribution is 2.24. The quantitative estimate of drug-likeness (QED) is 0.849. The van der Waals surface area contributed by atoms with Crippen molar-refractivity contribution in [2.75, 3.05) is 11.9 Å². The van der Waals surface area contributed by atoms with Crippen LogP contribution in [0.2, 0.25) is 0 Å². The summed E-state index contributed by atoms with van der Waals surface area (Å²) in [6.07, 6.45) is 3.80. The lowest BCUT2D eigenvalue weighted by atomic mass is 10.2. The van der Waals surface area contributed by atoms with Crippen molar-refractivity contribution in [3.63, 3.8) is 0 Å². The molecule has 3 nitrogen and oxygen atoms in total. The normalized spacial score (nSPS) is 11.1. The smallest absolute Gasteiger partial charge is 0.0599 e. The molecule has 0 aliphatic rings. The van der Waals surface area contributed by atoms with Gasteiger partial charge in [-0.1, -0.05) is 13.8 Å². The third-order valence-corrected chi connectivity index (χ3v) is 4.70. The van der Waals surface area contributed by atoms with Crippen molar-refractivity contribution in [2.24, 2.45) is 0 Å². The molecule has 0 saturated heterocycles. The van der Waals surface area contributed by atoms with E-state index in [1.165, 1.54) is 16.1 Å². The van der Waals surface area contributed by atoms with Crippen LogP contribution in [0.3, 0.4) is 0 Å². The molecule has 0 saturated carbocycles.